The summed E-state index contributed by atoms with van der Waals surface area (Å²) < 4.78 is 4.86. The Morgan fingerprint density at radius 3 is 2.60 bits per heavy atom. The highest BCUT2D eigenvalue weighted by Gasteiger charge is 2.20. The predicted octanol–water partition coefficient (Wildman–Crippen LogP) is 1.67. The summed E-state index contributed by atoms with van der Waals surface area (Å²) in [7, 11) is 1.25. The molecule has 15 heavy (non-hydrogen) atoms. The first-order valence-electron chi connectivity index (χ1n) is 3.94. The van der Waals surface area contributed by atoms with E-state index in [1.54, 1.807) is 0 Å². The summed E-state index contributed by atoms with van der Waals surface area (Å²) in [4.78, 5) is 22.0. The van der Waals surface area contributed by atoms with E-state index in [1.165, 1.54) is 19.6 Å². The quantitative estimate of drug-likeness (QED) is 0.773. The average molecular weight is 272 g/mol. The first-order valence-corrected chi connectivity index (χ1v) is 5.74. The smallest absolute Gasteiger partial charge is 0.329 e. The van der Waals surface area contributed by atoms with Gasteiger partial charge in [-0.3, -0.25) is 4.79 Å². The Balaban J connectivity index is 4.25. The number of amides is 1. The van der Waals surface area contributed by atoms with Gasteiger partial charge in [-0.25, -0.2) is 4.79 Å². The maximum Gasteiger partial charge on any atom is 0.329 e. The van der Waals surface area contributed by atoms with Crippen molar-refractivity contribution in [2.24, 2.45) is 0 Å². The third-order valence-electron chi connectivity index (χ3n) is 1.34. The molecule has 0 aliphatic rings. The van der Waals surface area contributed by atoms with Gasteiger partial charge in [-0.15, -0.1) is 11.8 Å². The number of halogens is 2. The fourth-order valence-electron chi connectivity index (χ4n) is 0.751. The molecule has 0 aromatic rings. The molecular weight excluding hydrogens is 261 g/mol. The summed E-state index contributed by atoms with van der Waals surface area (Å²) in [6.07, 6.45) is 0. The highest BCUT2D eigenvalue weighted by Crippen LogP contribution is 2.21. The summed E-state index contributed by atoms with van der Waals surface area (Å²) in [5.74, 6) is -0.553. The monoisotopic (exact) mass is 271 g/mol. The number of hydrogen-bond acceptors (Lipinski definition) is 4. The van der Waals surface area contributed by atoms with E-state index in [0.29, 0.717) is 4.36 Å². The lowest BCUT2D eigenvalue weighted by atomic mass is 10.3. The lowest BCUT2D eigenvalue weighted by Gasteiger charge is -2.14. The molecule has 1 amide bonds. The highest BCUT2D eigenvalue weighted by molar-refractivity contribution is 8.04. The third-order valence-corrected chi connectivity index (χ3v) is 3.13. The number of esters is 1. The first-order chi connectivity index (χ1) is 7.01. The molecule has 7 heteroatoms. The van der Waals surface area contributed by atoms with Crippen molar-refractivity contribution in [3.63, 3.8) is 0 Å². The number of rotatable bonds is 5. The van der Waals surface area contributed by atoms with Crippen LogP contribution < -0.4 is 5.32 Å². The molecule has 1 atom stereocenters. The van der Waals surface area contributed by atoms with Gasteiger partial charge in [0.05, 0.1) is 11.5 Å². The first kappa shape index (κ1) is 14.6. The van der Waals surface area contributed by atoms with Crippen molar-refractivity contribution >= 4 is 46.8 Å². The van der Waals surface area contributed by atoms with Crippen LogP contribution in [-0.4, -0.2) is 30.8 Å². The fourth-order valence-corrected chi connectivity index (χ4v) is 1.74. The molecule has 0 aliphatic heterocycles. The van der Waals surface area contributed by atoms with Crippen molar-refractivity contribution in [3.05, 3.63) is 9.90 Å². The Hall–Kier alpha value is -0.390. The Morgan fingerprint density at radius 1 is 1.60 bits per heavy atom. The zero-order chi connectivity index (χ0) is 11.8. The standard InChI is InChI=1S/C8H11Cl2NO3S/c1-5(12)11-6(8(13)14-2)4-15-7(10)3-9/h3,6H,4H2,1-2H3,(H,11,12)/t6-/m0/s1. The van der Waals surface area contributed by atoms with E-state index in [0.717, 1.165) is 11.8 Å². The number of methoxy groups -OCH3 is 1. The molecule has 0 aliphatic carbocycles. The molecule has 1 N–H and O–H groups in total. The van der Waals surface area contributed by atoms with Crippen LogP contribution in [-0.2, 0) is 14.3 Å². The predicted molar refractivity (Wildman–Crippen MR) is 61.9 cm³/mol. The molecule has 0 heterocycles. The molecule has 0 aromatic carbocycles. The molecule has 0 radical (unpaired) electrons. The van der Waals surface area contributed by atoms with Crippen LogP contribution in [0.2, 0.25) is 0 Å². The van der Waals surface area contributed by atoms with Gasteiger partial charge in [0.15, 0.2) is 0 Å². The van der Waals surface area contributed by atoms with Gasteiger partial charge in [0.25, 0.3) is 0 Å². The maximum absolute atomic E-state index is 11.2. The van der Waals surface area contributed by atoms with Crippen LogP contribution in [0.25, 0.3) is 0 Å². The minimum atomic E-state index is -0.720. The molecule has 0 saturated heterocycles. The Kier molecular flexibility index (Phi) is 7.64. The van der Waals surface area contributed by atoms with E-state index < -0.39 is 12.0 Å². The van der Waals surface area contributed by atoms with Crippen molar-refractivity contribution in [2.75, 3.05) is 12.9 Å². The molecule has 0 aromatic heterocycles. The normalized spacial score (nSPS) is 13.2. The molecule has 0 saturated carbocycles. The Labute approximate surface area is 102 Å². The zero-order valence-electron chi connectivity index (χ0n) is 8.25. The van der Waals surface area contributed by atoms with Crippen LogP contribution in [0.3, 0.4) is 0 Å². The number of carbonyl (C=O) groups is 2. The molecule has 0 rings (SSSR count). The maximum atomic E-state index is 11.2. The topological polar surface area (TPSA) is 55.4 Å². The number of thioether (sulfide) groups is 1. The number of nitrogens with one attached hydrogen (secondary N) is 1. The van der Waals surface area contributed by atoms with Gasteiger partial charge in [-0.2, -0.15) is 0 Å². The third kappa shape index (κ3) is 6.65. The largest absolute Gasteiger partial charge is 0.467 e. The molecule has 4 nitrogen and oxygen atoms in total. The summed E-state index contributed by atoms with van der Waals surface area (Å²) in [6.45, 7) is 1.32. The molecule has 0 fully saturated rings. The molecule has 0 unspecified atom stereocenters. The van der Waals surface area contributed by atoms with Crippen molar-refractivity contribution in [1.82, 2.24) is 5.32 Å². The van der Waals surface area contributed by atoms with Gasteiger partial charge in [0.1, 0.15) is 6.04 Å². The molecule has 0 spiro atoms. The molecule has 86 valence electrons. The fraction of sp³-hybridized carbons (Fsp3) is 0.500. The summed E-state index contributed by atoms with van der Waals surface area (Å²) in [6, 6.07) is -0.720. The number of ether oxygens (including phenoxy) is 1. The van der Waals surface area contributed by atoms with Crippen LogP contribution >= 0.6 is 35.0 Å². The van der Waals surface area contributed by atoms with Crippen LogP contribution in [0.4, 0.5) is 0 Å². The van der Waals surface area contributed by atoms with E-state index in [9.17, 15) is 9.59 Å². The van der Waals surface area contributed by atoms with E-state index in [2.05, 4.69) is 10.1 Å². The molecular formula is C8H11Cl2NO3S. The van der Waals surface area contributed by atoms with Gasteiger partial charge in [-0.05, 0) is 0 Å². The summed E-state index contributed by atoms with van der Waals surface area (Å²) in [5, 5.41) is 2.45. The second kappa shape index (κ2) is 7.84. The second-order valence-electron chi connectivity index (χ2n) is 2.50. The van der Waals surface area contributed by atoms with Gasteiger partial charge in [0, 0.05) is 18.2 Å². The van der Waals surface area contributed by atoms with Crippen molar-refractivity contribution in [3.8, 4) is 0 Å². The van der Waals surface area contributed by atoms with E-state index in [-0.39, 0.29) is 11.7 Å². The van der Waals surface area contributed by atoms with Crippen molar-refractivity contribution in [2.45, 2.75) is 13.0 Å². The van der Waals surface area contributed by atoms with Gasteiger partial charge >= 0.3 is 5.97 Å². The van der Waals surface area contributed by atoms with Gasteiger partial charge < -0.3 is 10.1 Å². The average Bonchev–Trinajstić information content (AvgIpc) is 2.21. The van der Waals surface area contributed by atoms with Crippen LogP contribution in [0.5, 0.6) is 0 Å². The number of carbonyl (C=O) groups excluding carboxylic acids is 2. The Morgan fingerprint density at radius 2 is 2.20 bits per heavy atom. The van der Waals surface area contributed by atoms with Crippen molar-refractivity contribution in [1.29, 1.82) is 0 Å². The van der Waals surface area contributed by atoms with Gasteiger partial charge in [0.2, 0.25) is 5.91 Å². The number of hydrogen-bond donors (Lipinski definition) is 1. The summed E-state index contributed by atoms with van der Waals surface area (Å²) >= 11 is 12.1. The summed E-state index contributed by atoms with van der Waals surface area (Å²) in [5.41, 5.74) is 1.19. The van der Waals surface area contributed by atoms with Crippen LogP contribution in [0, 0.1) is 0 Å². The Bertz CT molecular complexity index is 271. The lowest BCUT2D eigenvalue weighted by molar-refractivity contribution is -0.144. The highest BCUT2D eigenvalue weighted by atomic mass is 35.5. The van der Waals surface area contributed by atoms with E-state index >= 15 is 0 Å². The minimum Gasteiger partial charge on any atom is -0.467 e. The van der Waals surface area contributed by atoms with E-state index in [4.69, 9.17) is 23.2 Å². The zero-order valence-corrected chi connectivity index (χ0v) is 10.6. The second-order valence-corrected chi connectivity index (χ2v) is 4.41. The lowest BCUT2D eigenvalue weighted by Crippen LogP contribution is -2.42. The van der Waals surface area contributed by atoms with Crippen molar-refractivity contribution < 1.29 is 14.3 Å². The van der Waals surface area contributed by atoms with E-state index in [1.807, 2.05) is 0 Å². The van der Waals surface area contributed by atoms with Crippen LogP contribution in [0.1, 0.15) is 6.92 Å². The van der Waals surface area contributed by atoms with Gasteiger partial charge in [-0.1, -0.05) is 23.2 Å². The SMILES string of the molecule is COC(=O)[C@H](CSC(Cl)=CCl)NC(C)=O. The molecule has 0 bridgehead atoms. The minimum absolute atomic E-state index is 0.272. The van der Waals surface area contributed by atoms with Crippen LogP contribution in [0.15, 0.2) is 9.90 Å².